The Bertz CT molecular complexity index is 1420. The molecule has 0 aliphatic carbocycles. The molecular weight excluding hydrogens is 524 g/mol. The number of pyridine rings is 1. The van der Waals surface area contributed by atoms with Crippen molar-refractivity contribution in [3.8, 4) is 22.1 Å². The van der Waals surface area contributed by atoms with Crippen LogP contribution in [0.4, 0.5) is 0 Å². The van der Waals surface area contributed by atoms with Gasteiger partial charge in [-0.05, 0) is 44.5 Å². The van der Waals surface area contributed by atoms with E-state index in [9.17, 15) is 9.90 Å². The summed E-state index contributed by atoms with van der Waals surface area (Å²) in [5.74, 6) is 0.901. The lowest BCUT2D eigenvalue weighted by Crippen LogP contribution is -2.40. The third-order valence-corrected chi connectivity index (χ3v) is 8.12. The fourth-order valence-electron chi connectivity index (χ4n) is 4.73. The molecule has 1 amide bonds. The van der Waals surface area contributed by atoms with E-state index in [0.717, 1.165) is 58.3 Å². The number of imidazole rings is 1. The summed E-state index contributed by atoms with van der Waals surface area (Å²) >= 11 is 7.83. The second-order valence-electron chi connectivity index (χ2n) is 9.50. The Morgan fingerprint density at radius 1 is 1.32 bits per heavy atom. The van der Waals surface area contributed by atoms with Crippen molar-refractivity contribution >= 4 is 34.5 Å². The number of hydrogen-bond acceptors (Lipinski definition) is 7. The number of β-amino-alcohol motifs (C(OH)–C–C–N with tert-alkyl or cyclic N) is 1. The van der Waals surface area contributed by atoms with Gasteiger partial charge in [0.15, 0.2) is 0 Å². The predicted molar refractivity (Wildman–Crippen MR) is 149 cm³/mol. The zero-order valence-corrected chi connectivity index (χ0v) is 22.8. The van der Waals surface area contributed by atoms with E-state index in [1.165, 1.54) is 11.3 Å². The molecule has 200 valence electrons. The number of piperidine rings is 1. The number of primary amides is 1. The van der Waals surface area contributed by atoms with Gasteiger partial charge in [-0.15, -0.1) is 11.3 Å². The number of thiophene rings is 1. The number of hydrogen-bond donors (Lipinski definition) is 2. The van der Waals surface area contributed by atoms with Crippen molar-refractivity contribution in [3.63, 3.8) is 0 Å². The maximum absolute atomic E-state index is 11.8. The highest BCUT2D eigenvalue weighted by atomic mass is 35.5. The molecule has 0 spiro atoms. The minimum atomic E-state index is -0.427. The van der Waals surface area contributed by atoms with Gasteiger partial charge in [0.2, 0.25) is 5.91 Å². The van der Waals surface area contributed by atoms with Crippen LogP contribution in [0.15, 0.2) is 54.9 Å². The lowest BCUT2D eigenvalue weighted by atomic mass is 10.1. The number of halogens is 1. The molecule has 1 aliphatic rings. The molecule has 1 aromatic carbocycles. The fourth-order valence-corrected chi connectivity index (χ4v) is 6.13. The Labute approximate surface area is 230 Å². The predicted octanol–water partition coefficient (Wildman–Crippen LogP) is 4.72. The summed E-state index contributed by atoms with van der Waals surface area (Å²) in [7, 11) is 0. The average Bonchev–Trinajstić information content (AvgIpc) is 3.47. The average molecular weight is 555 g/mol. The first-order valence-electron chi connectivity index (χ1n) is 12.7. The molecule has 3 aromatic heterocycles. The molecule has 10 heteroatoms. The first-order valence-corrected chi connectivity index (χ1v) is 13.9. The second kappa shape index (κ2) is 11.7. The van der Waals surface area contributed by atoms with Crippen molar-refractivity contribution in [1.29, 1.82) is 0 Å². The topological polar surface area (TPSA) is 102 Å². The molecular formula is C28H31ClN4O4S. The number of aliphatic hydroxyl groups is 1. The van der Waals surface area contributed by atoms with E-state index in [4.69, 9.17) is 26.8 Å². The van der Waals surface area contributed by atoms with Crippen LogP contribution in [0.25, 0.3) is 16.2 Å². The third kappa shape index (κ3) is 6.13. The van der Waals surface area contributed by atoms with Crippen LogP contribution in [0.1, 0.15) is 36.3 Å². The van der Waals surface area contributed by atoms with Crippen LogP contribution >= 0.6 is 22.9 Å². The summed E-state index contributed by atoms with van der Waals surface area (Å²) < 4.78 is 14.3. The number of aliphatic hydroxyl groups excluding tert-OH is 1. The Morgan fingerprint density at radius 3 is 2.95 bits per heavy atom. The van der Waals surface area contributed by atoms with E-state index in [2.05, 4.69) is 9.88 Å². The number of carbonyl (C=O) groups is 1. The number of amides is 1. The van der Waals surface area contributed by atoms with E-state index in [-0.39, 0.29) is 18.6 Å². The standard InChI is InChI=1S/C28H31ClN4O4S/c1-18(21-6-2-3-7-22(21)29)37-24-13-25(38-26(24)14-27(30)35)23-15-31-28-9-8-20(17-33(23)28)36-12-11-32-10-4-5-19(34)16-32/h2-3,6-9,13,15,17-19,34H,4-5,10-12,14,16H2,1H3,(H2,30,35)/t18?,19-/m1/s1. The van der Waals surface area contributed by atoms with Crippen molar-refractivity contribution in [2.24, 2.45) is 5.73 Å². The maximum Gasteiger partial charge on any atom is 0.222 e. The van der Waals surface area contributed by atoms with Crippen molar-refractivity contribution in [2.75, 3.05) is 26.2 Å². The van der Waals surface area contributed by atoms with Crippen molar-refractivity contribution in [3.05, 3.63) is 70.3 Å². The molecule has 38 heavy (non-hydrogen) atoms. The van der Waals surface area contributed by atoms with Gasteiger partial charge in [0, 0.05) is 29.7 Å². The Hall–Kier alpha value is -3.11. The lowest BCUT2D eigenvalue weighted by Gasteiger charge is -2.29. The SMILES string of the molecule is CC(Oc1cc(-c2cnc3ccc(OCCN4CCC[C@@H](O)C4)cn23)sc1CC(N)=O)c1ccccc1Cl. The van der Waals surface area contributed by atoms with Gasteiger partial charge in [-0.2, -0.15) is 0 Å². The largest absolute Gasteiger partial charge is 0.491 e. The number of fused-ring (bicyclic) bond motifs is 1. The van der Waals surface area contributed by atoms with Gasteiger partial charge in [0.25, 0.3) is 0 Å². The summed E-state index contributed by atoms with van der Waals surface area (Å²) in [6.07, 6.45) is 5.10. The molecule has 1 aliphatic heterocycles. The van der Waals surface area contributed by atoms with Gasteiger partial charge in [-0.1, -0.05) is 29.8 Å². The van der Waals surface area contributed by atoms with Crippen LogP contribution in [0, 0.1) is 0 Å². The number of carbonyl (C=O) groups excluding carboxylic acids is 1. The summed E-state index contributed by atoms with van der Waals surface area (Å²) in [6, 6.07) is 13.3. The van der Waals surface area contributed by atoms with E-state index >= 15 is 0 Å². The molecule has 2 atom stereocenters. The minimum absolute atomic E-state index is 0.0749. The smallest absolute Gasteiger partial charge is 0.222 e. The zero-order valence-electron chi connectivity index (χ0n) is 21.2. The number of ether oxygens (including phenoxy) is 2. The first kappa shape index (κ1) is 26.5. The van der Waals surface area contributed by atoms with Crippen molar-refractivity contribution in [2.45, 2.75) is 38.4 Å². The van der Waals surface area contributed by atoms with Gasteiger partial charge >= 0.3 is 0 Å². The Morgan fingerprint density at radius 2 is 2.16 bits per heavy atom. The molecule has 1 fully saturated rings. The van der Waals surface area contributed by atoms with Gasteiger partial charge < -0.3 is 20.3 Å². The second-order valence-corrected chi connectivity index (χ2v) is 11.0. The van der Waals surface area contributed by atoms with Crippen molar-refractivity contribution in [1.82, 2.24) is 14.3 Å². The third-order valence-electron chi connectivity index (χ3n) is 6.64. The maximum atomic E-state index is 11.8. The summed E-state index contributed by atoms with van der Waals surface area (Å²) in [4.78, 5) is 20.2. The van der Waals surface area contributed by atoms with Crippen LogP contribution < -0.4 is 15.2 Å². The highest BCUT2D eigenvalue weighted by molar-refractivity contribution is 7.15. The number of likely N-dealkylation sites (tertiary alicyclic amines) is 1. The molecule has 1 unspecified atom stereocenters. The zero-order chi connectivity index (χ0) is 26.6. The number of nitrogens with zero attached hydrogens (tertiary/aromatic N) is 3. The minimum Gasteiger partial charge on any atom is -0.491 e. The summed E-state index contributed by atoms with van der Waals surface area (Å²) in [5.41, 5.74) is 8.05. The van der Waals surface area contributed by atoms with Crippen LogP contribution in [0.3, 0.4) is 0 Å². The van der Waals surface area contributed by atoms with Crippen LogP contribution in [-0.4, -0.2) is 57.6 Å². The molecule has 3 N–H and O–H groups in total. The molecule has 4 aromatic rings. The number of nitrogens with two attached hydrogens (primary N) is 1. The molecule has 4 heterocycles. The number of rotatable bonds is 10. The van der Waals surface area contributed by atoms with Crippen LogP contribution in [-0.2, 0) is 11.2 Å². The Balaban J connectivity index is 1.36. The highest BCUT2D eigenvalue weighted by Crippen LogP contribution is 2.39. The van der Waals surface area contributed by atoms with Gasteiger partial charge in [0.05, 0.1) is 40.4 Å². The number of aromatic nitrogens is 2. The quantitative estimate of drug-likeness (QED) is 0.294. The molecule has 0 radical (unpaired) electrons. The van der Waals surface area contributed by atoms with E-state index < -0.39 is 5.91 Å². The van der Waals surface area contributed by atoms with Gasteiger partial charge in [-0.3, -0.25) is 14.1 Å². The summed E-state index contributed by atoms with van der Waals surface area (Å²) in [6.45, 7) is 4.89. The van der Waals surface area contributed by atoms with Crippen LogP contribution in [0.5, 0.6) is 11.5 Å². The van der Waals surface area contributed by atoms with Crippen LogP contribution in [0.2, 0.25) is 5.02 Å². The fraction of sp³-hybridized carbons (Fsp3) is 0.357. The highest BCUT2D eigenvalue weighted by Gasteiger charge is 2.20. The lowest BCUT2D eigenvalue weighted by molar-refractivity contribution is -0.117. The first-order chi connectivity index (χ1) is 18.4. The summed E-state index contributed by atoms with van der Waals surface area (Å²) in [5, 5.41) is 10.5. The van der Waals surface area contributed by atoms with Crippen molar-refractivity contribution < 1.29 is 19.4 Å². The van der Waals surface area contributed by atoms with E-state index in [1.807, 2.05) is 60.0 Å². The van der Waals surface area contributed by atoms with Gasteiger partial charge in [0.1, 0.15) is 29.9 Å². The molecule has 5 rings (SSSR count). The van der Waals surface area contributed by atoms with Gasteiger partial charge in [-0.25, -0.2) is 4.98 Å². The van der Waals surface area contributed by atoms with E-state index in [0.29, 0.717) is 23.9 Å². The Kier molecular flexibility index (Phi) is 8.18. The molecule has 0 saturated carbocycles. The van der Waals surface area contributed by atoms with E-state index in [1.54, 1.807) is 6.20 Å². The normalized spacial score (nSPS) is 17.0. The number of benzene rings is 1. The molecule has 1 saturated heterocycles. The monoisotopic (exact) mass is 554 g/mol. The molecule has 0 bridgehead atoms. The molecule has 8 nitrogen and oxygen atoms in total.